The van der Waals surface area contributed by atoms with E-state index in [-0.39, 0.29) is 5.91 Å². The second-order valence-corrected chi connectivity index (χ2v) is 5.85. The van der Waals surface area contributed by atoms with E-state index in [9.17, 15) is 4.79 Å². The Morgan fingerprint density at radius 3 is 2.68 bits per heavy atom. The smallest absolute Gasteiger partial charge is 0.270 e. The number of halogens is 1. The van der Waals surface area contributed by atoms with E-state index in [1.165, 1.54) is 0 Å². The maximum absolute atomic E-state index is 12.2. The van der Waals surface area contributed by atoms with E-state index in [1.807, 2.05) is 12.1 Å². The molecule has 1 aromatic heterocycles. The van der Waals surface area contributed by atoms with Crippen LogP contribution in [0.5, 0.6) is 0 Å². The molecule has 5 nitrogen and oxygen atoms in total. The maximum Gasteiger partial charge on any atom is 0.270 e. The summed E-state index contributed by atoms with van der Waals surface area (Å²) in [4.78, 5) is 20.7. The molecule has 0 bridgehead atoms. The maximum atomic E-state index is 12.2. The number of nitrogens with one attached hydrogen (secondary N) is 2. The fourth-order valence-electron chi connectivity index (χ4n) is 2.07. The second kappa shape index (κ2) is 6.32. The average Bonchev–Trinajstić information content (AvgIpc) is 3.29. The Morgan fingerprint density at radius 2 is 2.00 bits per heavy atom. The van der Waals surface area contributed by atoms with Crippen molar-refractivity contribution in [2.24, 2.45) is 0 Å². The molecule has 0 aliphatic heterocycles. The molecule has 3 rings (SSSR count). The zero-order valence-electron chi connectivity index (χ0n) is 12.3. The Labute approximate surface area is 134 Å². The van der Waals surface area contributed by atoms with Crippen molar-refractivity contribution < 1.29 is 4.79 Å². The van der Waals surface area contributed by atoms with Crippen LogP contribution in [0.15, 0.2) is 30.3 Å². The molecule has 114 valence electrons. The van der Waals surface area contributed by atoms with E-state index in [4.69, 9.17) is 11.6 Å². The van der Waals surface area contributed by atoms with Gasteiger partial charge in [0.1, 0.15) is 17.3 Å². The van der Waals surface area contributed by atoms with Gasteiger partial charge in [0.2, 0.25) is 0 Å². The van der Waals surface area contributed by atoms with Crippen molar-refractivity contribution in [1.82, 2.24) is 15.3 Å². The number of nitrogens with zero attached hydrogens (tertiary/aromatic N) is 2. The predicted octanol–water partition coefficient (Wildman–Crippen LogP) is 2.94. The lowest BCUT2D eigenvalue weighted by Gasteiger charge is -2.08. The third-order valence-corrected chi connectivity index (χ3v) is 3.62. The summed E-state index contributed by atoms with van der Waals surface area (Å²) < 4.78 is 0. The Bertz CT molecular complexity index is 683. The number of carbonyl (C=O) groups is 1. The van der Waals surface area contributed by atoms with Crippen molar-refractivity contribution in [2.45, 2.75) is 32.4 Å². The highest BCUT2D eigenvalue weighted by atomic mass is 35.5. The van der Waals surface area contributed by atoms with Gasteiger partial charge >= 0.3 is 0 Å². The molecule has 2 N–H and O–H groups in total. The fourth-order valence-corrected chi connectivity index (χ4v) is 2.20. The third-order valence-electron chi connectivity index (χ3n) is 3.37. The molecular formula is C16H17ClN4O. The summed E-state index contributed by atoms with van der Waals surface area (Å²) >= 11 is 5.84. The number of rotatable bonds is 5. The predicted molar refractivity (Wildman–Crippen MR) is 86.0 cm³/mol. The van der Waals surface area contributed by atoms with Crippen molar-refractivity contribution in [3.63, 3.8) is 0 Å². The van der Waals surface area contributed by atoms with Crippen molar-refractivity contribution in [3.05, 3.63) is 52.4 Å². The first-order chi connectivity index (χ1) is 10.6. The Kier molecular flexibility index (Phi) is 4.24. The topological polar surface area (TPSA) is 66.9 Å². The van der Waals surface area contributed by atoms with E-state index < -0.39 is 0 Å². The Balaban J connectivity index is 1.65. The molecule has 22 heavy (non-hydrogen) atoms. The van der Waals surface area contributed by atoms with Gasteiger partial charge in [-0.2, -0.15) is 0 Å². The molecular weight excluding hydrogens is 300 g/mol. The normalized spacial score (nSPS) is 13.7. The molecule has 1 aliphatic carbocycles. The highest BCUT2D eigenvalue weighted by Gasteiger charge is 2.22. The highest BCUT2D eigenvalue weighted by molar-refractivity contribution is 6.30. The number of hydrogen-bond acceptors (Lipinski definition) is 4. The monoisotopic (exact) mass is 316 g/mol. The molecule has 0 saturated heterocycles. The van der Waals surface area contributed by atoms with Gasteiger partial charge in [0.05, 0.1) is 0 Å². The summed E-state index contributed by atoms with van der Waals surface area (Å²) in [7, 11) is 0. The molecule has 0 radical (unpaired) electrons. The van der Waals surface area contributed by atoms with Crippen LogP contribution in [0.1, 0.15) is 34.7 Å². The Hall–Kier alpha value is -2.14. The van der Waals surface area contributed by atoms with Crippen molar-refractivity contribution in [3.8, 4) is 0 Å². The molecule has 1 aromatic carbocycles. The average molecular weight is 317 g/mol. The molecule has 1 aliphatic rings. The zero-order chi connectivity index (χ0) is 15.5. The number of anilines is 1. The lowest BCUT2D eigenvalue weighted by molar-refractivity contribution is 0.0945. The molecule has 1 heterocycles. The Morgan fingerprint density at radius 1 is 1.27 bits per heavy atom. The van der Waals surface area contributed by atoms with Crippen LogP contribution in [0.25, 0.3) is 0 Å². The van der Waals surface area contributed by atoms with Crippen LogP contribution in [0.2, 0.25) is 5.02 Å². The summed E-state index contributed by atoms with van der Waals surface area (Å²) in [5.41, 5.74) is 1.37. The minimum Gasteiger partial charge on any atom is -0.367 e. The summed E-state index contributed by atoms with van der Waals surface area (Å²) in [5, 5.41) is 6.82. The molecule has 0 spiro atoms. The van der Waals surface area contributed by atoms with Gasteiger partial charge in [-0.05, 0) is 37.5 Å². The van der Waals surface area contributed by atoms with Crippen LogP contribution < -0.4 is 10.6 Å². The molecule has 1 fully saturated rings. The number of hydrogen-bond donors (Lipinski definition) is 2. The quantitative estimate of drug-likeness (QED) is 0.890. The van der Waals surface area contributed by atoms with Gasteiger partial charge in [-0.3, -0.25) is 4.79 Å². The van der Waals surface area contributed by atoms with E-state index in [0.717, 1.165) is 18.4 Å². The summed E-state index contributed by atoms with van der Waals surface area (Å²) in [6, 6.07) is 9.55. The first kappa shape index (κ1) is 14.8. The van der Waals surface area contributed by atoms with Gasteiger partial charge in [-0.1, -0.05) is 23.7 Å². The first-order valence-corrected chi connectivity index (χ1v) is 7.63. The van der Waals surface area contributed by atoms with Crippen LogP contribution in [0.4, 0.5) is 5.82 Å². The van der Waals surface area contributed by atoms with E-state index in [2.05, 4.69) is 20.6 Å². The number of carbonyl (C=O) groups excluding carboxylic acids is 1. The zero-order valence-corrected chi connectivity index (χ0v) is 13.0. The van der Waals surface area contributed by atoms with Crippen LogP contribution in [-0.4, -0.2) is 21.9 Å². The molecule has 1 amide bonds. The lowest BCUT2D eigenvalue weighted by atomic mass is 10.2. The fraction of sp³-hybridized carbons (Fsp3) is 0.312. The van der Waals surface area contributed by atoms with E-state index in [1.54, 1.807) is 25.1 Å². The summed E-state index contributed by atoms with van der Waals surface area (Å²) in [6.07, 6.45) is 2.31. The molecule has 1 saturated carbocycles. The summed E-state index contributed by atoms with van der Waals surface area (Å²) in [6.45, 7) is 2.22. The van der Waals surface area contributed by atoms with Gasteiger partial charge in [0, 0.05) is 23.7 Å². The van der Waals surface area contributed by atoms with Gasteiger partial charge in [-0.25, -0.2) is 9.97 Å². The van der Waals surface area contributed by atoms with Crippen molar-refractivity contribution in [1.29, 1.82) is 0 Å². The number of aryl methyl sites for hydroxylation is 1. The van der Waals surface area contributed by atoms with E-state index >= 15 is 0 Å². The van der Waals surface area contributed by atoms with Gasteiger partial charge in [0.25, 0.3) is 5.91 Å². The van der Waals surface area contributed by atoms with Crippen LogP contribution in [0.3, 0.4) is 0 Å². The highest BCUT2D eigenvalue weighted by Crippen LogP contribution is 2.23. The van der Waals surface area contributed by atoms with Crippen molar-refractivity contribution >= 4 is 23.3 Å². The molecule has 0 unspecified atom stereocenters. The van der Waals surface area contributed by atoms with Crippen LogP contribution >= 0.6 is 11.6 Å². The standard InChI is InChI=1S/C16H17ClN4O/c1-10-19-14(8-15(20-10)21-13-6-7-13)16(22)18-9-11-2-4-12(17)5-3-11/h2-5,8,13H,6-7,9H2,1H3,(H,18,22)(H,19,20,21). The van der Waals surface area contributed by atoms with Crippen molar-refractivity contribution in [2.75, 3.05) is 5.32 Å². The van der Waals surface area contributed by atoms with Crippen LogP contribution in [-0.2, 0) is 6.54 Å². The SMILES string of the molecule is Cc1nc(NC2CC2)cc(C(=O)NCc2ccc(Cl)cc2)n1. The molecule has 2 aromatic rings. The molecule has 0 atom stereocenters. The van der Waals surface area contributed by atoms with E-state index in [0.29, 0.717) is 34.9 Å². The number of benzene rings is 1. The minimum absolute atomic E-state index is 0.209. The summed E-state index contributed by atoms with van der Waals surface area (Å²) in [5.74, 6) is 1.09. The minimum atomic E-state index is -0.209. The third kappa shape index (κ3) is 3.95. The lowest BCUT2D eigenvalue weighted by Crippen LogP contribution is -2.24. The second-order valence-electron chi connectivity index (χ2n) is 5.41. The van der Waals surface area contributed by atoms with Gasteiger partial charge in [-0.15, -0.1) is 0 Å². The number of amides is 1. The first-order valence-electron chi connectivity index (χ1n) is 7.25. The largest absolute Gasteiger partial charge is 0.367 e. The van der Waals surface area contributed by atoms with Gasteiger partial charge in [0.15, 0.2) is 0 Å². The number of aromatic nitrogens is 2. The van der Waals surface area contributed by atoms with Gasteiger partial charge < -0.3 is 10.6 Å². The molecule has 6 heteroatoms. The van der Waals surface area contributed by atoms with Crippen LogP contribution in [0, 0.1) is 6.92 Å².